The molecule has 0 aliphatic carbocycles. The summed E-state index contributed by atoms with van der Waals surface area (Å²) >= 11 is 0. The minimum absolute atomic E-state index is 0.234. The lowest BCUT2D eigenvalue weighted by atomic mass is 9.97. The zero-order valence-corrected chi connectivity index (χ0v) is 19.4. The predicted octanol–water partition coefficient (Wildman–Crippen LogP) is 7.11. The molecule has 3 atom stereocenters. The second-order valence-electron chi connectivity index (χ2n) is 8.49. The number of carbonyl (C=O) groups is 1. The quantitative estimate of drug-likeness (QED) is 0.242. The molecule has 0 spiro atoms. The van der Waals surface area contributed by atoms with Crippen molar-refractivity contribution >= 4 is 5.97 Å². The second kappa shape index (κ2) is 12.0. The van der Waals surface area contributed by atoms with Crippen LogP contribution in [0.3, 0.4) is 0 Å². The first-order valence-corrected chi connectivity index (χ1v) is 11.7. The zero-order valence-electron chi connectivity index (χ0n) is 19.4. The van der Waals surface area contributed by atoms with Gasteiger partial charge in [0.15, 0.2) is 6.10 Å². The van der Waals surface area contributed by atoms with Crippen molar-refractivity contribution in [1.82, 2.24) is 0 Å². The van der Waals surface area contributed by atoms with Crippen LogP contribution >= 0.6 is 0 Å². The molecule has 3 nitrogen and oxygen atoms in total. The third-order valence-corrected chi connectivity index (χ3v) is 5.83. The van der Waals surface area contributed by atoms with Crippen molar-refractivity contribution < 1.29 is 14.3 Å². The van der Waals surface area contributed by atoms with Crippen molar-refractivity contribution in [1.29, 1.82) is 0 Å². The molecule has 0 aliphatic heterocycles. The fraction of sp³-hybridized carbons (Fsp3) is 0.194. The summed E-state index contributed by atoms with van der Waals surface area (Å²) in [6.45, 7) is 2.33. The van der Waals surface area contributed by atoms with Gasteiger partial charge in [-0.25, -0.2) is 0 Å². The Morgan fingerprint density at radius 2 is 1.06 bits per heavy atom. The maximum atomic E-state index is 13.3. The first kappa shape index (κ1) is 23.5. The first-order valence-electron chi connectivity index (χ1n) is 11.7. The molecule has 4 aromatic rings. The number of hydrogen-bond donors (Lipinski definition) is 0. The van der Waals surface area contributed by atoms with Gasteiger partial charge < -0.3 is 9.47 Å². The van der Waals surface area contributed by atoms with Crippen molar-refractivity contribution in [2.75, 3.05) is 0 Å². The molecule has 1 unspecified atom stereocenters. The van der Waals surface area contributed by atoms with Gasteiger partial charge in [0.05, 0.1) is 12.5 Å². The van der Waals surface area contributed by atoms with Crippen LogP contribution in [0.2, 0.25) is 0 Å². The summed E-state index contributed by atoms with van der Waals surface area (Å²) in [6, 6.07) is 39.9. The van der Waals surface area contributed by atoms with Gasteiger partial charge in [0, 0.05) is 0 Å². The average Bonchev–Trinajstić information content (AvgIpc) is 2.90. The summed E-state index contributed by atoms with van der Waals surface area (Å²) in [4.78, 5) is 13.3. The topological polar surface area (TPSA) is 35.5 Å². The van der Waals surface area contributed by atoms with E-state index in [0.29, 0.717) is 13.0 Å². The summed E-state index contributed by atoms with van der Waals surface area (Å²) in [6.07, 6.45) is -0.392. The number of hydrogen-bond acceptors (Lipinski definition) is 3. The molecule has 172 valence electrons. The fourth-order valence-electron chi connectivity index (χ4n) is 4.00. The van der Waals surface area contributed by atoms with Gasteiger partial charge in [0.2, 0.25) is 0 Å². The second-order valence-corrected chi connectivity index (χ2v) is 8.49. The van der Waals surface area contributed by atoms with Gasteiger partial charge in [-0.2, -0.15) is 0 Å². The summed E-state index contributed by atoms with van der Waals surface area (Å²) in [5, 5.41) is 0. The normalized spacial score (nSPS) is 13.6. The third kappa shape index (κ3) is 6.43. The number of esters is 1. The molecule has 3 heteroatoms. The Kier molecular flexibility index (Phi) is 8.26. The van der Waals surface area contributed by atoms with Crippen molar-refractivity contribution in [2.45, 2.75) is 32.2 Å². The molecule has 0 saturated carbocycles. The molecule has 0 amide bonds. The molecular weight excluding hydrogens is 420 g/mol. The van der Waals surface area contributed by atoms with Gasteiger partial charge in [-0.05, 0) is 28.7 Å². The van der Waals surface area contributed by atoms with Crippen LogP contribution in [0.5, 0.6) is 0 Å². The standard InChI is InChI=1S/C31H30O3/c1-24(22-25-14-6-2-7-15-25)31(32)34-30(28-20-12-5-13-21-28)29(27-18-10-4-11-19-27)33-23-26-16-8-3-9-17-26/h2-21,24,29-30H,22-23H2,1H3/t24?,29-,30+/m0/s1. The van der Waals surface area contributed by atoms with Crippen molar-refractivity contribution in [3.63, 3.8) is 0 Å². The van der Waals surface area contributed by atoms with Gasteiger partial charge in [-0.3, -0.25) is 4.79 Å². The molecular formula is C31H30O3. The molecule has 0 radical (unpaired) electrons. The summed E-state index contributed by atoms with van der Waals surface area (Å²) in [5.74, 6) is -0.513. The van der Waals surface area contributed by atoms with Crippen LogP contribution in [0, 0.1) is 5.92 Å². The van der Waals surface area contributed by atoms with E-state index in [0.717, 1.165) is 22.3 Å². The van der Waals surface area contributed by atoms with E-state index >= 15 is 0 Å². The summed E-state index contributed by atoms with van der Waals surface area (Å²) in [5.41, 5.74) is 4.06. The van der Waals surface area contributed by atoms with Gasteiger partial charge >= 0.3 is 5.97 Å². The van der Waals surface area contributed by atoms with E-state index in [1.165, 1.54) is 0 Å². The van der Waals surface area contributed by atoms with E-state index in [9.17, 15) is 4.79 Å². The molecule has 0 saturated heterocycles. The number of rotatable bonds is 10. The Balaban J connectivity index is 1.60. The fourth-order valence-corrected chi connectivity index (χ4v) is 4.00. The van der Waals surface area contributed by atoms with Crippen LogP contribution in [0.25, 0.3) is 0 Å². The Labute approximate surface area is 202 Å². The van der Waals surface area contributed by atoms with Gasteiger partial charge in [0.1, 0.15) is 6.10 Å². The highest BCUT2D eigenvalue weighted by atomic mass is 16.6. The maximum absolute atomic E-state index is 13.3. The van der Waals surface area contributed by atoms with E-state index < -0.39 is 12.2 Å². The van der Waals surface area contributed by atoms with Crippen molar-refractivity contribution in [2.24, 2.45) is 5.92 Å². The molecule has 0 aromatic heterocycles. The van der Waals surface area contributed by atoms with Crippen LogP contribution in [0.1, 0.15) is 41.4 Å². The van der Waals surface area contributed by atoms with Gasteiger partial charge in [-0.1, -0.05) is 128 Å². The van der Waals surface area contributed by atoms with Crippen molar-refractivity contribution in [3.8, 4) is 0 Å². The smallest absolute Gasteiger partial charge is 0.309 e. The highest BCUT2D eigenvalue weighted by Gasteiger charge is 2.31. The molecule has 0 bridgehead atoms. The predicted molar refractivity (Wildman–Crippen MR) is 135 cm³/mol. The van der Waals surface area contributed by atoms with E-state index in [1.54, 1.807) is 0 Å². The number of ether oxygens (including phenoxy) is 2. The largest absolute Gasteiger partial charge is 0.454 e. The van der Waals surface area contributed by atoms with Crippen LogP contribution < -0.4 is 0 Å². The lowest BCUT2D eigenvalue weighted by molar-refractivity contribution is -0.164. The lowest BCUT2D eigenvalue weighted by Gasteiger charge is -2.29. The maximum Gasteiger partial charge on any atom is 0.309 e. The molecule has 4 aromatic carbocycles. The molecule has 0 heterocycles. The van der Waals surface area contributed by atoms with E-state index in [1.807, 2.05) is 128 Å². The highest BCUT2D eigenvalue weighted by molar-refractivity contribution is 5.72. The van der Waals surface area contributed by atoms with Crippen LogP contribution in [-0.4, -0.2) is 5.97 Å². The Morgan fingerprint density at radius 1 is 0.618 bits per heavy atom. The lowest BCUT2D eigenvalue weighted by Crippen LogP contribution is -2.25. The van der Waals surface area contributed by atoms with Crippen LogP contribution in [-0.2, 0) is 27.3 Å². The number of benzene rings is 4. The average molecular weight is 451 g/mol. The molecule has 0 aliphatic rings. The Bertz CT molecular complexity index is 1130. The SMILES string of the molecule is CC(Cc1ccccc1)C(=O)O[C@H](c1ccccc1)[C@@H](OCc1ccccc1)c1ccccc1. The summed E-state index contributed by atoms with van der Waals surface area (Å²) in [7, 11) is 0. The van der Waals surface area contributed by atoms with Crippen LogP contribution in [0.15, 0.2) is 121 Å². The van der Waals surface area contributed by atoms with Crippen LogP contribution in [0.4, 0.5) is 0 Å². The third-order valence-electron chi connectivity index (χ3n) is 5.83. The van der Waals surface area contributed by atoms with E-state index in [-0.39, 0.29) is 11.9 Å². The van der Waals surface area contributed by atoms with Gasteiger partial charge in [0.25, 0.3) is 0 Å². The zero-order chi connectivity index (χ0) is 23.6. The number of carbonyl (C=O) groups excluding carboxylic acids is 1. The van der Waals surface area contributed by atoms with E-state index in [4.69, 9.17) is 9.47 Å². The summed E-state index contributed by atoms with van der Waals surface area (Å²) < 4.78 is 12.7. The minimum atomic E-state index is -0.571. The highest BCUT2D eigenvalue weighted by Crippen LogP contribution is 2.36. The molecule has 0 fully saturated rings. The van der Waals surface area contributed by atoms with Crippen molar-refractivity contribution in [3.05, 3.63) is 144 Å². The molecule has 4 rings (SSSR count). The monoisotopic (exact) mass is 450 g/mol. The molecule has 34 heavy (non-hydrogen) atoms. The minimum Gasteiger partial charge on any atom is -0.454 e. The van der Waals surface area contributed by atoms with Gasteiger partial charge in [-0.15, -0.1) is 0 Å². The first-order chi connectivity index (χ1) is 16.7. The Morgan fingerprint density at radius 3 is 1.59 bits per heavy atom. The Hall–Kier alpha value is -3.69. The van der Waals surface area contributed by atoms with E-state index in [2.05, 4.69) is 0 Å². The molecule has 0 N–H and O–H groups in total.